The van der Waals surface area contributed by atoms with Crippen LogP contribution in [0, 0.1) is 11.3 Å². The van der Waals surface area contributed by atoms with Gasteiger partial charge in [-0.3, -0.25) is 4.79 Å². The monoisotopic (exact) mass is 172 g/mol. The van der Waals surface area contributed by atoms with Crippen LogP contribution in [0.25, 0.3) is 0 Å². The molecule has 0 aliphatic carbocycles. The van der Waals surface area contributed by atoms with Crippen LogP contribution in [-0.2, 0) is 9.53 Å². The van der Waals surface area contributed by atoms with Gasteiger partial charge in [0.25, 0.3) is 0 Å². The predicted molar refractivity (Wildman–Crippen MR) is 49.9 cm³/mol. The maximum atomic E-state index is 11.3. The molecule has 1 atom stereocenters. The Hall–Kier alpha value is -0.530. The zero-order chi connectivity index (χ0) is 9.78. The largest absolute Gasteiger partial charge is 0.469 e. The number of hydrogen-bond donors (Lipinski definition) is 0. The fraction of sp³-hybridized carbons (Fsp3) is 0.900. The molecule has 72 valence electrons. The van der Waals surface area contributed by atoms with Crippen molar-refractivity contribution in [2.24, 2.45) is 11.3 Å². The topological polar surface area (TPSA) is 26.3 Å². The van der Waals surface area contributed by atoms with E-state index in [0.29, 0.717) is 5.92 Å². The van der Waals surface area contributed by atoms with Gasteiger partial charge in [0.1, 0.15) is 0 Å². The van der Waals surface area contributed by atoms with Crippen molar-refractivity contribution in [3.8, 4) is 0 Å². The summed E-state index contributed by atoms with van der Waals surface area (Å²) in [6.45, 7) is 8.17. The molecule has 0 unspecified atom stereocenters. The minimum Gasteiger partial charge on any atom is -0.469 e. The highest BCUT2D eigenvalue weighted by Gasteiger charge is 2.29. The van der Waals surface area contributed by atoms with Crippen LogP contribution in [0.15, 0.2) is 0 Å². The van der Waals surface area contributed by atoms with E-state index in [9.17, 15) is 4.79 Å². The van der Waals surface area contributed by atoms with E-state index in [-0.39, 0.29) is 11.4 Å². The van der Waals surface area contributed by atoms with Crippen molar-refractivity contribution < 1.29 is 9.53 Å². The number of carbonyl (C=O) groups is 1. The first-order chi connectivity index (χ1) is 5.44. The third kappa shape index (κ3) is 3.24. The molecular formula is C10H20O2. The van der Waals surface area contributed by atoms with Crippen LogP contribution in [0.3, 0.4) is 0 Å². The molecule has 0 N–H and O–H groups in total. The van der Waals surface area contributed by atoms with Gasteiger partial charge in [-0.25, -0.2) is 0 Å². The van der Waals surface area contributed by atoms with Gasteiger partial charge in [0, 0.05) is 0 Å². The first-order valence-corrected chi connectivity index (χ1v) is 4.52. The molecule has 0 amide bonds. The van der Waals surface area contributed by atoms with Crippen LogP contribution < -0.4 is 0 Å². The molecule has 0 aromatic heterocycles. The van der Waals surface area contributed by atoms with Gasteiger partial charge in [0.05, 0.1) is 12.5 Å². The Morgan fingerprint density at radius 1 is 1.50 bits per heavy atom. The van der Waals surface area contributed by atoms with E-state index >= 15 is 0 Å². The molecular weight excluding hydrogens is 152 g/mol. The molecule has 0 saturated carbocycles. The Kier molecular flexibility index (Phi) is 4.29. The van der Waals surface area contributed by atoms with Gasteiger partial charge in [-0.2, -0.15) is 0 Å². The Bertz CT molecular complexity index is 150. The fourth-order valence-corrected chi connectivity index (χ4v) is 1.38. The molecule has 0 aliphatic heterocycles. The summed E-state index contributed by atoms with van der Waals surface area (Å²) in [5.74, 6) is 0.474. The molecule has 0 aliphatic rings. The van der Waals surface area contributed by atoms with Crippen LogP contribution >= 0.6 is 0 Å². The zero-order valence-electron chi connectivity index (χ0n) is 8.81. The van der Waals surface area contributed by atoms with Crippen molar-refractivity contribution in [3.05, 3.63) is 0 Å². The standard InChI is InChI=1S/C10H20O2/c1-6-8(2)7-10(3,4)9(11)12-5/h8H,6-7H2,1-5H3/t8-/m1/s1. The lowest BCUT2D eigenvalue weighted by molar-refractivity contribution is -0.151. The van der Waals surface area contributed by atoms with Crippen molar-refractivity contribution in [3.63, 3.8) is 0 Å². The molecule has 0 bridgehead atoms. The molecule has 0 aromatic carbocycles. The highest BCUT2D eigenvalue weighted by Crippen LogP contribution is 2.27. The highest BCUT2D eigenvalue weighted by atomic mass is 16.5. The highest BCUT2D eigenvalue weighted by molar-refractivity contribution is 5.75. The number of methoxy groups -OCH3 is 1. The van der Waals surface area contributed by atoms with E-state index in [1.807, 2.05) is 13.8 Å². The van der Waals surface area contributed by atoms with Gasteiger partial charge in [-0.1, -0.05) is 20.3 Å². The van der Waals surface area contributed by atoms with Gasteiger partial charge in [-0.15, -0.1) is 0 Å². The van der Waals surface area contributed by atoms with Crippen molar-refractivity contribution in [2.75, 3.05) is 7.11 Å². The van der Waals surface area contributed by atoms with Gasteiger partial charge >= 0.3 is 5.97 Å². The normalized spacial score (nSPS) is 14.1. The summed E-state index contributed by atoms with van der Waals surface area (Å²) in [6, 6.07) is 0. The third-order valence-corrected chi connectivity index (χ3v) is 2.29. The second-order valence-corrected chi connectivity index (χ2v) is 4.09. The summed E-state index contributed by atoms with van der Waals surface area (Å²) >= 11 is 0. The molecule has 0 spiro atoms. The number of carbonyl (C=O) groups excluding carboxylic acids is 1. The maximum absolute atomic E-state index is 11.3. The Morgan fingerprint density at radius 3 is 2.33 bits per heavy atom. The number of rotatable bonds is 4. The van der Waals surface area contributed by atoms with Crippen LogP contribution in [0.1, 0.15) is 40.5 Å². The molecule has 2 nitrogen and oxygen atoms in total. The van der Waals surface area contributed by atoms with E-state index in [1.54, 1.807) is 0 Å². The van der Waals surface area contributed by atoms with Gasteiger partial charge in [0.15, 0.2) is 0 Å². The van der Waals surface area contributed by atoms with Crippen molar-refractivity contribution in [2.45, 2.75) is 40.5 Å². The summed E-state index contributed by atoms with van der Waals surface area (Å²) in [5.41, 5.74) is -0.329. The third-order valence-electron chi connectivity index (χ3n) is 2.29. The summed E-state index contributed by atoms with van der Waals surface area (Å²) < 4.78 is 4.72. The SMILES string of the molecule is CC[C@@H](C)CC(C)(C)C(=O)OC. The smallest absolute Gasteiger partial charge is 0.311 e. The molecule has 2 heteroatoms. The van der Waals surface area contributed by atoms with E-state index in [2.05, 4.69) is 13.8 Å². The first kappa shape index (κ1) is 11.5. The molecule has 0 heterocycles. The Morgan fingerprint density at radius 2 is 2.00 bits per heavy atom. The van der Waals surface area contributed by atoms with Crippen molar-refractivity contribution >= 4 is 5.97 Å². The molecule has 0 saturated heterocycles. The van der Waals surface area contributed by atoms with Crippen molar-refractivity contribution in [1.29, 1.82) is 0 Å². The van der Waals surface area contributed by atoms with E-state index < -0.39 is 0 Å². The first-order valence-electron chi connectivity index (χ1n) is 4.52. The average Bonchev–Trinajstić information content (AvgIpc) is 2.02. The predicted octanol–water partition coefficient (Wildman–Crippen LogP) is 2.62. The van der Waals surface area contributed by atoms with Gasteiger partial charge in [0.2, 0.25) is 0 Å². The zero-order valence-corrected chi connectivity index (χ0v) is 8.81. The molecule has 12 heavy (non-hydrogen) atoms. The summed E-state index contributed by atoms with van der Waals surface area (Å²) in [6.07, 6.45) is 2.01. The number of esters is 1. The average molecular weight is 172 g/mol. The van der Waals surface area contributed by atoms with Gasteiger partial charge in [-0.05, 0) is 26.2 Å². The lowest BCUT2D eigenvalue weighted by atomic mass is 9.82. The Balaban J connectivity index is 4.11. The molecule has 0 radical (unpaired) electrons. The van der Waals surface area contributed by atoms with Gasteiger partial charge < -0.3 is 4.74 Å². The maximum Gasteiger partial charge on any atom is 0.311 e. The molecule has 0 fully saturated rings. The number of ether oxygens (including phenoxy) is 1. The second kappa shape index (κ2) is 4.48. The van der Waals surface area contributed by atoms with Crippen LogP contribution in [0.4, 0.5) is 0 Å². The Labute approximate surface area is 75.3 Å². The summed E-state index contributed by atoms with van der Waals surface area (Å²) in [7, 11) is 1.45. The summed E-state index contributed by atoms with van der Waals surface area (Å²) in [4.78, 5) is 11.3. The van der Waals surface area contributed by atoms with Crippen LogP contribution in [0.2, 0.25) is 0 Å². The number of hydrogen-bond acceptors (Lipinski definition) is 2. The quantitative estimate of drug-likeness (QED) is 0.609. The van der Waals surface area contributed by atoms with Crippen molar-refractivity contribution in [1.82, 2.24) is 0 Å². The van der Waals surface area contributed by atoms with Crippen LogP contribution in [-0.4, -0.2) is 13.1 Å². The minimum atomic E-state index is -0.329. The summed E-state index contributed by atoms with van der Waals surface area (Å²) in [5, 5.41) is 0. The minimum absolute atomic E-state index is 0.109. The fourth-order valence-electron chi connectivity index (χ4n) is 1.38. The van der Waals surface area contributed by atoms with E-state index in [4.69, 9.17) is 4.74 Å². The second-order valence-electron chi connectivity index (χ2n) is 4.09. The lowest BCUT2D eigenvalue weighted by Crippen LogP contribution is -2.27. The molecule has 0 aromatic rings. The van der Waals surface area contributed by atoms with Crippen LogP contribution in [0.5, 0.6) is 0 Å². The van der Waals surface area contributed by atoms with E-state index in [1.165, 1.54) is 7.11 Å². The van der Waals surface area contributed by atoms with E-state index in [0.717, 1.165) is 12.8 Å². The lowest BCUT2D eigenvalue weighted by Gasteiger charge is -2.24. The molecule has 0 rings (SSSR count).